The van der Waals surface area contributed by atoms with Crippen LogP contribution in [0, 0.1) is 5.41 Å². The Hall–Kier alpha value is -2.30. The number of nitrogen functional groups attached to an aromatic ring is 1. The lowest BCUT2D eigenvalue weighted by atomic mass is 9.88. The average molecular weight is 286 g/mol. The molecule has 0 spiro atoms. The van der Waals surface area contributed by atoms with E-state index in [1.807, 2.05) is 31.2 Å². The van der Waals surface area contributed by atoms with Crippen molar-refractivity contribution in [3.63, 3.8) is 0 Å². The lowest BCUT2D eigenvalue weighted by Crippen LogP contribution is -2.41. The molecule has 1 amide bonds. The van der Waals surface area contributed by atoms with Gasteiger partial charge in [0.25, 0.3) is 5.91 Å². The van der Waals surface area contributed by atoms with Crippen molar-refractivity contribution in [2.45, 2.75) is 33.7 Å². The summed E-state index contributed by atoms with van der Waals surface area (Å²) in [5, 5.41) is 7.28. The van der Waals surface area contributed by atoms with Gasteiger partial charge in [0.1, 0.15) is 0 Å². The number of hydrogen-bond donors (Lipinski definition) is 2. The summed E-state index contributed by atoms with van der Waals surface area (Å²) in [6.45, 7) is 8.25. The number of nitrogens with one attached hydrogen (secondary N) is 1. The van der Waals surface area contributed by atoms with E-state index in [0.29, 0.717) is 11.4 Å². The number of carbonyl (C=O) groups is 1. The van der Waals surface area contributed by atoms with Crippen LogP contribution in [-0.2, 0) is 0 Å². The number of benzene rings is 1. The zero-order valence-corrected chi connectivity index (χ0v) is 12.9. The minimum absolute atomic E-state index is 0.00606. The number of carbonyl (C=O) groups excluding carboxylic acids is 1. The maximum atomic E-state index is 12.2. The second-order valence-electron chi connectivity index (χ2n) is 6.30. The van der Waals surface area contributed by atoms with Gasteiger partial charge in [-0.2, -0.15) is 5.10 Å². The van der Waals surface area contributed by atoms with Gasteiger partial charge in [0, 0.05) is 17.9 Å². The first-order chi connectivity index (χ1) is 9.77. The molecule has 0 bridgehead atoms. The Morgan fingerprint density at radius 2 is 2.05 bits per heavy atom. The lowest BCUT2D eigenvalue weighted by molar-refractivity contribution is 0.0904. The molecular formula is C16H22N4O. The molecular weight excluding hydrogens is 264 g/mol. The molecule has 21 heavy (non-hydrogen) atoms. The number of aromatic nitrogens is 2. The van der Waals surface area contributed by atoms with Crippen LogP contribution < -0.4 is 11.1 Å². The summed E-state index contributed by atoms with van der Waals surface area (Å²) < 4.78 is 1.65. The topological polar surface area (TPSA) is 72.9 Å². The van der Waals surface area contributed by atoms with E-state index in [1.54, 1.807) is 16.9 Å². The zero-order valence-electron chi connectivity index (χ0n) is 12.9. The van der Waals surface area contributed by atoms with Crippen LogP contribution in [0.2, 0.25) is 0 Å². The Labute approximate surface area is 125 Å². The van der Waals surface area contributed by atoms with Crippen LogP contribution in [0.25, 0.3) is 5.69 Å². The molecule has 5 nitrogen and oxygen atoms in total. The number of nitrogens with two attached hydrogens (primary N) is 1. The fraction of sp³-hybridized carbons (Fsp3) is 0.375. The van der Waals surface area contributed by atoms with Gasteiger partial charge in [0.2, 0.25) is 0 Å². The van der Waals surface area contributed by atoms with E-state index in [4.69, 9.17) is 5.73 Å². The third-order valence-corrected chi connectivity index (χ3v) is 3.60. The fourth-order valence-electron chi connectivity index (χ4n) is 1.74. The van der Waals surface area contributed by atoms with Crippen LogP contribution in [0.3, 0.4) is 0 Å². The van der Waals surface area contributed by atoms with E-state index in [2.05, 4.69) is 31.2 Å². The highest BCUT2D eigenvalue weighted by molar-refractivity contribution is 5.92. The minimum atomic E-state index is -0.167. The van der Waals surface area contributed by atoms with Gasteiger partial charge >= 0.3 is 0 Å². The molecule has 1 unspecified atom stereocenters. The summed E-state index contributed by atoms with van der Waals surface area (Å²) in [6, 6.07) is 9.13. The van der Waals surface area contributed by atoms with Crippen molar-refractivity contribution in [3.05, 3.63) is 42.2 Å². The Kier molecular flexibility index (Phi) is 4.02. The van der Waals surface area contributed by atoms with Crippen molar-refractivity contribution >= 4 is 11.6 Å². The van der Waals surface area contributed by atoms with E-state index in [-0.39, 0.29) is 17.4 Å². The van der Waals surface area contributed by atoms with Gasteiger partial charge in [0.05, 0.1) is 5.69 Å². The van der Waals surface area contributed by atoms with Crippen molar-refractivity contribution in [1.29, 1.82) is 0 Å². The van der Waals surface area contributed by atoms with Gasteiger partial charge in [-0.3, -0.25) is 4.79 Å². The second kappa shape index (κ2) is 5.60. The Morgan fingerprint density at radius 3 is 2.67 bits per heavy atom. The Morgan fingerprint density at radius 1 is 1.33 bits per heavy atom. The van der Waals surface area contributed by atoms with Crippen LogP contribution in [-0.4, -0.2) is 21.7 Å². The molecule has 1 atom stereocenters. The first-order valence-corrected chi connectivity index (χ1v) is 7.00. The standard InChI is InChI=1S/C16H22N4O/c1-11(16(2,3)4)18-15(21)14-8-9-20(19-14)13-7-5-6-12(17)10-13/h5-11H,17H2,1-4H3,(H,18,21). The first kappa shape index (κ1) is 15.1. The van der Waals surface area contributed by atoms with Gasteiger partial charge in [-0.15, -0.1) is 0 Å². The fourth-order valence-corrected chi connectivity index (χ4v) is 1.74. The molecule has 0 aliphatic carbocycles. The molecule has 0 aliphatic rings. The lowest BCUT2D eigenvalue weighted by Gasteiger charge is -2.27. The molecule has 112 valence electrons. The number of rotatable bonds is 3. The summed E-state index contributed by atoms with van der Waals surface area (Å²) in [5.41, 5.74) is 7.65. The maximum absolute atomic E-state index is 12.2. The van der Waals surface area contributed by atoms with Crippen molar-refractivity contribution in [2.75, 3.05) is 5.73 Å². The summed E-state index contributed by atoms with van der Waals surface area (Å²) >= 11 is 0. The van der Waals surface area contributed by atoms with E-state index < -0.39 is 0 Å². The molecule has 0 saturated carbocycles. The number of hydrogen-bond acceptors (Lipinski definition) is 3. The highest BCUT2D eigenvalue weighted by atomic mass is 16.2. The van der Waals surface area contributed by atoms with Gasteiger partial charge < -0.3 is 11.1 Å². The van der Waals surface area contributed by atoms with Crippen molar-refractivity contribution in [1.82, 2.24) is 15.1 Å². The molecule has 0 fully saturated rings. The van der Waals surface area contributed by atoms with Crippen LogP contribution in [0.5, 0.6) is 0 Å². The third-order valence-electron chi connectivity index (χ3n) is 3.60. The third kappa shape index (κ3) is 3.62. The summed E-state index contributed by atoms with van der Waals surface area (Å²) in [4.78, 5) is 12.2. The summed E-state index contributed by atoms with van der Waals surface area (Å²) in [7, 11) is 0. The van der Waals surface area contributed by atoms with Crippen molar-refractivity contribution < 1.29 is 4.79 Å². The second-order valence-corrected chi connectivity index (χ2v) is 6.30. The predicted octanol–water partition coefficient (Wildman–Crippen LogP) is 2.62. The molecule has 1 aromatic heterocycles. The predicted molar refractivity (Wildman–Crippen MR) is 84.4 cm³/mol. The molecule has 0 aliphatic heterocycles. The number of nitrogens with zero attached hydrogens (tertiary/aromatic N) is 2. The normalized spacial score (nSPS) is 13.0. The summed E-state index contributed by atoms with van der Waals surface area (Å²) in [5.74, 6) is -0.167. The number of amides is 1. The molecule has 2 rings (SSSR count). The Balaban J connectivity index is 2.15. The van der Waals surface area contributed by atoms with E-state index in [0.717, 1.165) is 5.69 Å². The monoisotopic (exact) mass is 286 g/mol. The Bertz CT molecular complexity index is 640. The van der Waals surface area contributed by atoms with E-state index >= 15 is 0 Å². The van der Waals surface area contributed by atoms with Crippen molar-refractivity contribution in [2.24, 2.45) is 5.41 Å². The number of anilines is 1. The molecule has 0 radical (unpaired) electrons. The largest absolute Gasteiger partial charge is 0.399 e. The zero-order chi connectivity index (χ0) is 15.6. The average Bonchev–Trinajstić information content (AvgIpc) is 2.87. The minimum Gasteiger partial charge on any atom is -0.399 e. The molecule has 2 aromatic rings. The first-order valence-electron chi connectivity index (χ1n) is 7.00. The van der Waals surface area contributed by atoms with Crippen LogP contribution in [0.1, 0.15) is 38.2 Å². The smallest absolute Gasteiger partial charge is 0.272 e. The molecule has 0 saturated heterocycles. The molecule has 1 aromatic carbocycles. The van der Waals surface area contributed by atoms with Gasteiger partial charge in [-0.05, 0) is 36.6 Å². The van der Waals surface area contributed by atoms with Gasteiger partial charge in [-0.1, -0.05) is 26.8 Å². The molecule has 3 N–H and O–H groups in total. The van der Waals surface area contributed by atoms with Crippen LogP contribution in [0.4, 0.5) is 5.69 Å². The molecule has 1 heterocycles. The van der Waals surface area contributed by atoms with E-state index in [1.165, 1.54) is 0 Å². The van der Waals surface area contributed by atoms with Gasteiger partial charge in [0.15, 0.2) is 5.69 Å². The highest BCUT2D eigenvalue weighted by Gasteiger charge is 2.23. The quantitative estimate of drug-likeness (QED) is 0.852. The van der Waals surface area contributed by atoms with Gasteiger partial charge in [-0.25, -0.2) is 4.68 Å². The SMILES string of the molecule is CC(NC(=O)c1ccn(-c2cccc(N)c2)n1)C(C)(C)C. The van der Waals surface area contributed by atoms with Crippen molar-refractivity contribution in [3.8, 4) is 5.69 Å². The van der Waals surface area contributed by atoms with Crippen LogP contribution >= 0.6 is 0 Å². The maximum Gasteiger partial charge on any atom is 0.272 e. The highest BCUT2D eigenvalue weighted by Crippen LogP contribution is 2.19. The van der Waals surface area contributed by atoms with Crippen LogP contribution in [0.15, 0.2) is 36.5 Å². The molecule has 5 heteroatoms. The summed E-state index contributed by atoms with van der Waals surface area (Å²) in [6.07, 6.45) is 1.76. The van der Waals surface area contributed by atoms with E-state index in [9.17, 15) is 4.79 Å².